The second kappa shape index (κ2) is 10.9. The van der Waals surface area contributed by atoms with Crippen LogP contribution in [0.3, 0.4) is 0 Å². The van der Waals surface area contributed by atoms with Gasteiger partial charge >= 0.3 is 5.97 Å². The number of benzene rings is 3. The van der Waals surface area contributed by atoms with Crippen LogP contribution in [0.2, 0.25) is 0 Å². The number of aliphatic carboxylic acids is 1. The lowest BCUT2D eigenvalue weighted by Crippen LogP contribution is -2.17. The van der Waals surface area contributed by atoms with Crippen molar-refractivity contribution in [2.45, 2.75) is 45.1 Å². The predicted molar refractivity (Wildman–Crippen MR) is 152 cm³/mol. The van der Waals surface area contributed by atoms with Crippen LogP contribution in [-0.2, 0) is 21.2 Å². The summed E-state index contributed by atoms with van der Waals surface area (Å²) in [7, 11) is -2.99. The second-order valence-electron chi connectivity index (χ2n) is 10.7. The highest BCUT2D eigenvalue weighted by Crippen LogP contribution is 2.55. The number of rotatable bonds is 11. The Labute approximate surface area is 230 Å². The quantitative estimate of drug-likeness (QED) is 0.227. The molecule has 3 aromatic rings. The average Bonchev–Trinajstić information content (AvgIpc) is 3.03. The van der Waals surface area contributed by atoms with Crippen LogP contribution in [0.25, 0.3) is 11.1 Å². The van der Waals surface area contributed by atoms with E-state index in [0.717, 1.165) is 44.9 Å². The van der Waals surface area contributed by atoms with Crippen molar-refractivity contribution in [1.82, 2.24) is 0 Å². The Hall–Kier alpha value is -3.58. The summed E-state index contributed by atoms with van der Waals surface area (Å²) in [6.45, 7) is 4.89. The normalized spacial score (nSPS) is 19.2. The van der Waals surface area contributed by atoms with Crippen LogP contribution < -0.4 is 9.47 Å². The van der Waals surface area contributed by atoms with Crippen molar-refractivity contribution >= 4 is 15.8 Å². The molecule has 0 saturated heterocycles. The van der Waals surface area contributed by atoms with Gasteiger partial charge in [0.2, 0.25) is 0 Å². The van der Waals surface area contributed by atoms with Crippen LogP contribution in [0.1, 0.15) is 52.5 Å². The molecular weight excluding hydrogens is 512 g/mol. The van der Waals surface area contributed by atoms with Crippen molar-refractivity contribution < 1.29 is 27.8 Å². The van der Waals surface area contributed by atoms with Gasteiger partial charge in [0.1, 0.15) is 27.9 Å². The van der Waals surface area contributed by atoms with E-state index in [0.29, 0.717) is 19.6 Å². The smallest absolute Gasteiger partial charge is 0.303 e. The van der Waals surface area contributed by atoms with Gasteiger partial charge in [-0.25, -0.2) is 8.42 Å². The lowest BCUT2D eigenvalue weighted by atomic mass is 9.77. The van der Waals surface area contributed by atoms with Crippen LogP contribution in [-0.4, -0.2) is 38.1 Å². The number of carboxylic acid groups (broad SMARTS) is 1. The lowest BCUT2D eigenvalue weighted by molar-refractivity contribution is -0.137. The van der Waals surface area contributed by atoms with Gasteiger partial charge in [-0.3, -0.25) is 4.79 Å². The monoisotopic (exact) mass is 546 g/mol. The van der Waals surface area contributed by atoms with Gasteiger partial charge < -0.3 is 14.6 Å². The highest BCUT2D eigenvalue weighted by molar-refractivity contribution is 7.90. The van der Waals surface area contributed by atoms with Crippen LogP contribution >= 0.6 is 0 Å². The topological polar surface area (TPSA) is 89.9 Å². The molecule has 5 rings (SSSR count). The molecule has 2 aliphatic rings. The number of fused-ring (bicyclic) bond motifs is 3. The van der Waals surface area contributed by atoms with Crippen molar-refractivity contribution in [3.8, 4) is 22.6 Å². The van der Waals surface area contributed by atoms with Gasteiger partial charge in [0, 0.05) is 18.1 Å². The maximum absolute atomic E-state index is 11.4. The van der Waals surface area contributed by atoms with E-state index in [2.05, 4.69) is 44.2 Å². The fraction of sp³-hybridized carbons (Fsp3) is 0.344. The summed E-state index contributed by atoms with van der Waals surface area (Å²) in [5.74, 6) is 1.49. The number of hydrogen-bond acceptors (Lipinski definition) is 5. The zero-order chi connectivity index (χ0) is 27.7. The van der Waals surface area contributed by atoms with Gasteiger partial charge in [-0.1, -0.05) is 36.4 Å². The van der Waals surface area contributed by atoms with Crippen molar-refractivity contribution in [2.75, 3.05) is 18.6 Å². The summed E-state index contributed by atoms with van der Waals surface area (Å²) in [4.78, 5) is 11.4. The molecule has 6 nitrogen and oxygen atoms in total. The molecule has 7 heteroatoms. The van der Waals surface area contributed by atoms with Crippen LogP contribution in [0.15, 0.2) is 66.7 Å². The first-order valence-electron chi connectivity index (χ1n) is 13.3. The number of carboxylic acids is 1. The Balaban J connectivity index is 1.26. The van der Waals surface area contributed by atoms with Crippen LogP contribution in [0.5, 0.6) is 11.5 Å². The van der Waals surface area contributed by atoms with Crippen LogP contribution in [0.4, 0.5) is 0 Å². The number of ether oxygens (including phenoxy) is 2. The van der Waals surface area contributed by atoms with Crippen molar-refractivity contribution in [1.29, 1.82) is 0 Å². The van der Waals surface area contributed by atoms with E-state index in [9.17, 15) is 18.3 Å². The molecule has 3 aromatic carbocycles. The van der Waals surface area contributed by atoms with Gasteiger partial charge in [-0.2, -0.15) is 0 Å². The fourth-order valence-electron chi connectivity index (χ4n) is 5.91. The molecule has 0 bridgehead atoms. The molecule has 0 aromatic heterocycles. The first kappa shape index (κ1) is 27.0. The number of hydrogen-bond donors (Lipinski definition) is 1. The molecule has 0 saturated carbocycles. The molecule has 0 spiro atoms. The van der Waals surface area contributed by atoms with E-state index >= 15 is 0 Å². The van der Waals surface area contributed by atoms with Crippen molar-refractivity contribution in [2.24, 2.45) is 5.92 Å². The molecule has 0 aliphatic heterocycles. The molecule has 1 N–H and O–H groups in total. The standard InChI is InChI=1S/C32H34O6S/c1-20-14-25(37-12-5-13-39(3,35)36)15-21(2)32(20)23-7-4-6-22(16-23)19-38-24-8-9-28-29(17-24)26-10-11-27(26)30(28)18-31(33)34/h4,6-11,14-17,26-27,30H,5,12-13,18-19H2,1-3H3,(H,33,34)/t26-,27+,30-/m1/s1. The minimum atomic E-state index is -2.99. The summed E-state index contributed by atoms with van der Waals surface area (Å²) in [6.07, 6.45) is 6.15. The van der Waals surface area contributed by atoms with Crippen molar-refractivity contribution in [3.63, 3.8) is 0 Å². The summed E-state index contributed by atoms with van der Waals surface area (Å²) < 4.78 is 34.7. The summed E-state index contributed by atoms with van der Waals surface area (Å²) in [6, 6.07) is 18.4. The Kier molecular flexibility index (Phi) is 7.54. The maximum atomic E-state index is 11.4. The molecule has 3 atom stereocenters. The lowest BCUT2D eigenvalue weighted by Gasteiger charge is -2.26. The molecule has 0 amide bonds. The zero-order valence-electron chi connectivity index (χ0n) is 22.5. The first-order valence-corrected chi connectivity index (χ1v) is 15.3. The first-order chi connectivity index (χ1) is 18.6. The largest absolute Gasteiger partial charge is 0.494 e. The fourth-order valence-corrected chi connectivity index (χ4v) is 6.56. The number of carbonyl (C=O) groups is 1. The molecular formula is C32H34O6S. The van der Waals surface area contributed by atoms with E-state index in [1.165, 1.54) is 11.8 Å². The Bertz CT molecular complexity index is 1510. The predicted octanol–water partition coefficient (Wildman–Crippen LogP) is 6.20. The van der Waals surface area contributed by atoms with E-state index in [1.54, 1.807) is 0 Å². The van der Waals surface area contributed by atoms with Gasteiger partial charge in [-0.05, 0) is 95.5 Å². The Morgan fingerprint density at radius 1 is 0.923 bits per heavy atom. The van der Waals surface area contributed by atoms with Gasteiger partial charge in [0.15, 0.2) is 0 Å². The zero-order valence-corrected chi connectivity index (χ0v) is 23.3. The van der Waals surface area contributed by atoms with Crippen molar-refractivity contribution in [3.05, 3.63) is 94.6 Å². The molecule has 204 valence electrons. The molecule has 0 fully saturated rings. The van der Waals surface area contributed by atoms with E-state index in [4.69, 9.17) is 9.47 Å². The third-order valence-corrected chi connectivity index (χ3v) is 8.72. The molecule has 0 heterocycles. The van der Waals surface area contributed by atoms with E-state index < -0.39 is 15.8 Å². The number of aryl methyl sites for hydroxylation is 2. The third kappa shape index (κ3) is 6.04. The summed E-state index contributed by atoms with van der Waals surface area (Å²) in [5, 5.41) is 9.34. The minimum absolute atomic E-state index is 0.0361. The average molecular weight is 547 g/mol. The van der Waals surface area contributed by atoms with E-state index in [-0.39, 0.29) is 29.9 Å². The minimum Gasteiger partial charge on any atom is -0.494 e. The number of sulfone groups is 1. The highest BCUT2D eigenvalue weighted by atomic mass is 32.2. The maximum Gasteiger partial charge on any atom is 0.303 e. The molecule has 0 radical (unpaired) electrons. The Morgan fingerprint density at radius 2 is 1.69 bits per heavy atom. The Morgan fingerprint density at radius 3 is 2.36 bits per heavy atom. The SMILES string of the molecule is Cc1cc(OCCCS(C)(=O)=O)cc(C)c1-c1cccc(COc2ccc3c(c2)[C@@H]2C=C[C@@H]2[C@H]3CC(=O)O)c1. The second-order valence-corrected chi connectivity index (χ2v) is 13.0. The molecule has 0 unspecified atom stereocenters. The molecule has 39 heavy (non-hydrogen) atoms. The van der Waals surface area contributed by atoms with E-state index in [1.807, 2.05) is 36.4 Å². The highest BCUT2D eigenvalue weighted by Gasteiger charge is 2.43. The van der Waals surface area contributed by atoms with Gasteiger partial charge in [0.25, 0.3) is 0 Å². The summed E-state index contributed by atoms with van der Waals surface area (Å²) in [5.41, 5.74) is 7.78. The molecule has 2 aliphatic carbocycles. The number of allylic oxidation sites excluding steroid dienone is 2. The summed E-state index contributed by atoms with van der Waals surface area (Å²) >= 11 is 0. The van der Waals surface area contributed by atoms with Crippen LogP contribution in [0, 0.1) is 19.8 Å². The van der Waals surface area contributed by atoms with Gasteiger partial charge in [-0.15, -0.1) is 0 Å². The van der Waals surface area contributed by atoms with Gasteiger partial charge in [0.05, 0.1) is 18.8 Å². The third-order valence-electron chi connectivity index (χ3n) is 7.69.